The second-order valence-electron chi connectivity index (χ2n) is 6.03. The van der Waals surface area contributed by atoms with Gasteiger partial charge in [-0.3, -0.25) is 18.9 Å². The summed E-state index contributed by atoms with van der Waals surface area (Å²) in [5.74, 6) is 0. The van der Waals surface area contributed by atoms with E-state index in [1.807, 2.05) is 4.98 Å². The number of nitrogens with zero attached hydrogens (tertiary/aromatic N) is 1. The third kappa shape index (κ3) is 7.22. The Hall–Kier alpha value is -1.06. The number of ether oxygens (including phenoxy) is 1. The minimum absolute atomic E-state index is 0. The Labute approximate surface area is 172 Å². The first kappa shape index (κ1) is 28.0. The number of hydrogen-bond acceptors (Lipinski definition) is 10. The molecule has 6 atom stereocenters. The lowest BCUT2D eigenvalue weighted by atomic mass is 9.98. The molecule has 1 aromatic heterocycles. The van der Waals surface area contributed by atoms with E-state index in [0.29, 0.717) is 4.57 Å². The van der Waals surface area contributed by atoms with E-state index in [0.717, 1.165) is 19.2 Å². The van der Waals surface area contributed by atoms with Crippen LogP contribution in [-0.2, 0) is 31.6 Å². The van der Waals surface area contributed by atoms with E-state index < -0.39 is 65.4 Å². The van der Waals surface area contributed by atoms with E-state index >= 15 is 0 Å². The van der Waals surface area contributed by atoms with Gasteiger partial charge in [-0.25, -0.2) is 22.9 Å². The summed E-state index contributed by atoms with van der Waals surface area (Å²) >= 11 is 0. The zero-order valence-corrected chi connectivity index (χ0v) is 17.4. The van der Waals surface area contributed by atoms with Crippen molar-refractivity contribution in [1.29, 1.82) is 0 Å². The first-order chi connectivity index (χ1) is 13.4. The summed E-state index contributed by atoms with van der Waals surface area (Å²) in [6.45, 7) is -0.316. The van der Waals surface area contributed by atoms with Gasteiger partial charge in [-0.15, -0.1) is 0 Å². The molecule has 0 amide bonds. The molecular weight excluding hydrogens is 496 g/mol. The molecule has 0 saturated carbocycles. The third-order valence-corrected chi connectivity index (χ3v) is 7.44. The number of phosphoric acid groups is 3. The fourth-order valence-electron chi connectivity index (χ4n) is 2.43. The van der Waals surface area contributed by atoms with Crippen LogP contribution in [0, 0.1) is 0 Å². The topological polar surface area (TPSA) is 244 Å². The van der Waals surface area contributed by atoms with Gasteiger partial charge in [-0.1, -0.05) is 7.43 Å². The lowest BCUT2D eigenvalue weighted by Gasteiger charge is -2.24. The molecular formula is C11H20FN2O14P3. The number of alkyl halides is 1. The van der Waals surface area contributed by atoms with E-state index in [4.69, 9.17) is 19.4 Å². The number of aromatic nitrogens is 2. The van der Waals surface area contributed by atoms with Crippen LogP contribution >= 0.6 is 23.5 Å². The van der Waals surface area contributed by atoms with Crippen molar-refractivity contribution in [1.82, 2.24) is 9.55 Å². The van der Waals surface area contributed by atoms with E-state index in [1.165, 1.54) is 0 Å². The van der Waals surface area contributed by atoms with Crippen molar-refractivity contribution in [2.24, 2.45) is 0 Å². The number of aromatic amines is 1. The number of phosphoric ester groups is 1. The average Bonchev–Trinajstić information content (AvgIpc) is 2.73. The normalized spacial score (nSPS) is 30.2. The van der Waals surface area contributed by atoms with E-state index in [-0.39, 0.29) is 7.43 Å². The molecule has 1 aliphatic rings. The molecule has 180 valence electrons. The summed E-state index contributed by atoms with van der Waals surface area (Å²) in [6, 6.07) is 0.868. The van der Waals surface area contributed by atoms with Crippen LogP contribution in [0.15, 0.2) is 21.9 Å². The van der Waals surface area contributed by atoms with Gasteiger partial charge in [0.15, 0.2) is 11.9 Å². The summed E-state index contributed by atoms with van der Waals surface area (Å²) in [6.07, 6.45) is -4.73. The van der Waals surface area contributed by atoms with Crippen LogP contribution in [0.3, 0.4) is 0 Å². The standard InChI is InChI=1S/C10H16FN2O14P3.CH4/c1-10(11)7(15)5(25-8(10)13-3-2-6(14)12-9(13)16)4-24-29(20,21)27-30(22,23)26-28(17,18)19;/h2-3,5,7-8,15H,4H2,1H3,(H,20,21)(H,22,23)(H,12,14,16)(H2,17,18,19);1H4/t5-,7-,8-,10-;/m1./s1. The Morgan fingerprint density at radius 1 is 1.19 bits per heavy atom. The first-order valence-electron chi connectivity index (χ1n) is 7.56. The van der Waals surface area contributed by atoms with E-state index in [1.54, 1.807) is 0 Å². The third-order valence-electron chi connectivity index (χ3n) is 3.64. The predicted octanol–water partition coefficient (Wildman–Crippen LogP) is -0.498. The highest BCUT2D eigenvalue weighted by molar-refractivity contribution is 7.66. The molecule has 6 N–H and O–H groups in total. The predicted molar refractivity (Wildman–Crippen MR) is 97.3 cm³/mol. The van der Waals surface area contributed by atoms with Crippen LogP contribution in [0.4, 0.5) is 4.39 Å². The van der Waals surface area contributed by atoms with Crippen LogP contribution in [0.5, 0.6) is 0 Å². The van der Waals surface area contributed by atoms with Crippen molar-refractivity contribution in [2.45, 2.75) is 38.5 Å². The monoisotopic (exact) mass is 516 g/mol. The summed E-state index contributed by atoms with van der Waals surface area (Å²) in [7, 11) is -16.9. The van der Waals surface area contributed by atoms with Crippen molar-refractivity contribution in [3.63, 3.8) is 0 Å². The average molecular weight is 516 g/mol. The molecule has 16 nitrogen and oxygen atoms in total. The molecule has 0 aromatic carbocycles. The number of halogens is 1. The van der Waals surface area contributed by atoms with Crippen molar-refractivity contribution in [2.75, 3.05) is 6.61 Å². The fraction of sp³-hybridized carbons (Fsp3) is 0.636. The van der Waals surface area contributed by atoms with Crippen LogP contribution in [0.1, 0.15) is 20.6 Å². The van der Waals surface area contributed by atoms with Gasteiger partial charge in [0, 0.05) is 12.3 Å². The number of aliphatic hydroxyl groups is 1. The van der Waals surface area contributed by atoms with Gasteiger partial charge in [0.25, 0.3) is 5.56 Å². The van der Waals surface area contributed by atoms with Crippen molar-refractivity contribution in [3.8, 4) is 0 Å². The Kier molecular flexibility index (Phi) is 8.51. The highest BCUT2D eigenvalue weighted by Crippen LogP contribution is 2.66. The molecule has 1 saturated heterocycles. The summed E-state index contributed by atoms with van der Waals surface area (Å²) in [5.41, 5.74) is -4.55. The number of H-pyrrole nitrogens is 1. The maximum atomic E-state index is 14.9. The Morgan fingerprint density at radius 3 is 2.29 bits per heavy atom. The molecule has 0 spiro atoms. The smallest absolute Gasteiger partial charge is 0.387 e. The molecule has 2 rings (SSSR count). The van der Waals surface area contributed by atoms with Gasteiger partial charge in [0.1, 0.15) is 12.2 Å². The number of rotatable bonds is 8. The van der Waals surface area contributed by atoms with Crippen molar-refractivity contribution >= 4 is 23.5 Å². The maximum absolute atomic E-state index is 14.9. The molecule has 1 aliphatic heterocycles. The zero-order valence-electron chi connectivity index (χ0n) is 14.7. The maximum Gasteiger partial charge on any atom is 0.490 e. The Morgan fingerprint density at radius 2 is 1.77 bits per heavy atom. The van der Waals surface area contributed by atoms with Gasteiger partial charge < -0.3 is 29.4 Å². The van der Waals surface area contributed by atoms with Gasteiger partial charge >= 0.3 is 29.2 Å². The minimum Gasteiger partial charge on any atom is -0.387 e. The molecule has 20 heteroatoms. The second-order valence-corrected chi connectivity index (χ2v) is 10.4. The van der Waals surface area contributed by atoms with Gasteiger partial charge in [-0.2, -0.15) is 8.62 Å². The Bertz CT molecular complexity index is 1050. The lowest BCUT2D eigenvalue weighted by molar-refractivity contribution is -0.0604. The summed E-state index contributed by atoms with van der Waals surface area (Å²) in [4.78, 5) is 60.1. The first-order valence-corrected chi connectivity index (χ1v) is 12.1. The van der Waals surface area contributed by atoms with E-state index in [2.05, 4.69) is 13.1 Å². The molecule has 1 aromatic rings. The number of nitrogens with one attached hydrogen (secondary N) is 1. The van der Waals surface area contributed by atoms with Gasteiger partial charge in [0.05, 0.1) is 6.61 Å². The SMILES string of the molecule is C.C[C@@]1(F)[C@H](O)[C@@H](COP(=O)(O)OP(=O)(O)OP(=O)(O)O)O[C@H]1n1ccc(=O)[nH]c1=O. The van der Waals surface area contributed by atoms with Gasteiger partial charge in [-0.05, 0) is 6.92 Å². The zero-order chi connectivity index (χ0) is 23.1. The largest absolute Gasteiger partial charge is 0.490 e. The van der Waals surface area contributed by atoms with Crippen LogP contribution < -0.4 is 11.2 Å². The van der Waals surface area contributed by atoms with E-state index in [9.17, 15) is 37.7 Å². The molecule has 2 heterocycles. The highest BCUT2D eigenvalue weighted by atomic mass is 31.3. The minimum atomic E-state index is -5.77. The molecule has 0 bridgehead atoms. The van der Waals surface area contributed by atoms with Crippen molar-refractivity contribution in [3.05, 3.63) is 33.1 Å². The molecule has 0 radical (unpaired) electrons. The van der Waals surface area contributed by atoms with Crippen LogP contribution in [-0.4, -0.2) is 58.7 Å². The Balaban J connectivity index is 0.00000480. The summed E-state index contributed by atoms with van der Waals surface area (Å²) in [5, 5.41) is 10.1. The number of hydrogen-bond donors (Lipinski definition) is 6. The fourth-order valence-corrected chi connectivity index (χ4v) is 5.46. The van der Waals surface area contributed by atoms with Gasteiger partial charge in [0.2, 0.25) is 0 Å². The quantitative estimate of drug-likeness (QED) is 0.239. The molecule has 2 unspecified atom stereocenters. The van der Waals surface area contributed by atoms with Crippen LogP contribution in [0.2, 0.25) is 0 Å². The highest BCUT2D eigenvalue weighted by Gasteiger charge is 2.56. The van der Waals surface area contributed by atoms with Crippen LogP contribution in [0.25, 0.3) is 0 Å². The molecule has 31 heavy (non-hydrogen) atoms. The molecule has 0 aliphatic carbocycles. The second kappa shape index (κ2) is 9.43. The lowest BCUT2D eigenvalue weighted by Crippen LogP contribution is -2.43. The summed E-state index contributed by atoms with van der Waals surface area (Å²) < 4.78 is 65.4. The molecule has 1 fully saturated rings. The number of aliphatic hydroxyl groups excluding tert-OH is 1. The van der Waals surface area contributed by atoms with Crippen molar-refractivity contribution < 1.29 is 60.6 Å².